The first-order valence-corrected chi connectivity index (χ1v) is 11.0. The molecule has 0 amide bonds. The van der Waals surface area contributed by atoms with Crippen molar-refractivity contribution in [1.29, 1.82) is 0 Å². The van der Waals surface area contributed by atoms with Gasteiger partial charge in [-0.15, -0.1) is 16.9 Å². The summed E-state index contributed by atoms with van der Waals surface area (Å²) in [6.07, 6.45) is 3.96. The summed E-state index contributed by atoms with van der Waals surface area (Å²) < 4.78 is 28.7. The van der Waals surface area contributed by atoms with E-state index in [9.17, 15) is 8.78 Å². The molecule has 0 spiro atoms. The fraction of sp³-hybridized carbons (Fsp3) is 0.348. The summed E-state index contributed by atoms with van der Waals surface area (Å²) in [5, 5.41) is 9.82. The average molecular weight is 410 g/mol. The summed E-state index contributed by atoms with van der Waals surface area (Å²) >= 11 is 1.62. The van der Waals surface area contributed by atoms with Gasteiger partial charge in [-0.25, -0.2) is 13.8 Å². The molecule has 0 N–H and O–H groups in total. The van der Waals surface area contributed by atoms with Crippen molar-refractivity contribution in [2.45, 2.75) is 43.0 Å². The molecule has 2 aliphatic carbocycles. The number of rotatable bonds is 3. The Morgan fingerprint density at radius 3 is 2.48 bits per heavy atom. The van der Waals surface area contributed by atoms with Crippen LogP contribution in [0.4, 0.5) is 8.78 Å². The van der Waals surface area contributed by atoms with Crippen LogP contribution in [0, 0.1) is 17.0 Å². The SMILES string of the molecule is CSc1cccc([C@@]23CCC(c4cc(-c5c(F)cccc5F)nnc42)C3(C)C)n1. The first kappa shape index (κ1) is 18.7. The van der Waals surface area contributed by atoms with E-state index in [-0.39, 0.29) is 28.0 Å². The van der Waals surface area contributed by atoms with Crippen molar-refractivity contribution >= 4 is 11.8 Å². The lowest BCUT2D eigenvalue weighted by molar-refractivity contribution is 0.242. The van der Waals surface area contributed by atoms with E-state index in [4.69, 9.17) is 4.98 Å². The van der Waals surface area contributed by atoms with E-state index in [1.165, 1.54) is 18.2 Å². The maximum Gasteiger partial charge on any atom is 0.135 e. The van der Waals surface area contributed by atoms with Gasteiger partial charge in [-0.1, -0.05) is 26.0 Å². The predicted octanol–water partition coefficient (Wildman–Crippen LogP) is 5.74. The number of benzene rings is 1. The Morgan fingerprint density at radius 2 is 1.76 bits per heavy atom. The van der Waals surface area contributed by atoms with Gasteiger partial charge in [0, 0.05) is 0 Å². The Balaban J connectivity index is 1.72. The number of pyridine rings is 1. The van der Waals surface area contributed by atoms with Crippen molar-refractivity contribution in [3.05, 3.63) is 71.1 Å². The Morgan fingerprint density at radius 1 is 1.03 bits per heavy atom. The van der Waals surface area contributed by atoms with Gasteiger partial charge in [-0.2, -0.15) is 5.10 Å². The molecule has 2 bridgehead atoms. The highest BCUT2D eigenvalue weighted by Crippen LogP contribution is 2.69. The lowest BCUT2D eigenvalue weighted by Gasteiger charge is -2.37. The van der Waals surface area contributed by atoms with Crippen molar-refractivity contribution in [2.24, 2.45) is 5.41 Å². The van der Waals surface area contributed by atoms with E-state index in [2.05, 4.69) is 30.1 Å². The van der Waals surface area contributed by atoms with E-state index >= 15 is 0 Å². The number of hydrogen-bond donors (Lipinski definition) is 0. The summed E-state index contributed by atoms with van der Waals surface area (Å²) in [6, 6.07) is 11.8. The third-order valence-corrected chi connectivity index (χ3v) is 7.62. The summed E-state index contributed by atoms with van der Waals surface area (Å²) in [5.74, 6) is -0.988. The molecule has 2 aromatic heterocycles. The molecule has 0 aliphatic heterocycles. The van der Waals surface area contributed by atoms with E-state index < -0.39 is 11.6 Å². The lowest BCUT2D eigenvalue weighted by Crippen LogP contribution is -2.37. The monoisotopic (exact) mass is 409 g/mol. The Bertz CT molecular complexity index is 1110. The molecule has 3 nitrogen and oxygen atoms in total. The number of nitrogens with zero attached hydrogens (tertiary/aromatic N) is 3. The zero-order chi connectivity index (χ0) is 20.4. The van der Waals surface area contributed by atoms with Crippen LogP contribution < -0.4 is 0 Å². The van der Waals surface area contributed by atoms with Crippen LogP contribution in [0.1, 0.15) is 49.6 Å². The van der Waals surface area contributed by atoms with Crippen LogP contribution in [-0.2, 0) is 5.41 Å². The third-order valence-electron chi connectivity index (χ3n) is 6.97. The molecule has 1 aromatic carbocycles. The standard InChI is InChI=1S/C23H21F2N3S/c1-22(2)14-10-11-23(22,18-8-5-9-19(26-18)29-3)21-13(14)12-17(27-28-21)20-15(24)6-4-7-16(20)25/h4-9,12,14H,10-11H2,1-3H3/t14?,23-/m0/s1. The maximum atomic E-state index is 14.3. The number of fused-ring (bicyclic) bond motifs is 5. The van der Waals surface area contributed by atoms with Crippen molar-refractivity contribution in [1.82, 2.24) is 15.2 Å². The van der Waals surface area contributed by atoms with Gasteiger partial charge in [0.15, 0.2) is 0 Å². The topological polar surface area (TPSA) is 38.7 Å². The Kier molecular flexibility index (Phi) is 4.07. The second-order valence-electron chi connectivity index (χ2n) is 8.41. The molecule has 2 heterocycles. The number of thioether (sulfide) groups is 1. The van der Waals surface area contributed by atoms with Gasteiger partial charge in [0.05, 0.1) is 33.1 Å². The van der Waals surface area contributed by atoms with Crippen LogP contribution in [-0.4, -0.2) is 21.4 Å². The van der Waals surface area contributed by atoms with Crippen molar-refractivity contribution in [3.63, 3.8) is 0 Å². The minimum atomic E-state index is -0.620. The van der Waals surface area contributed by atoms with E-state index in [1.54, 1.807) is 11.8 Å². The van der Waals surface area contributed by atoms with E-state index in [1.807, 2.05) is 24.5 Å². The quantitative estimate of drug-likeness (QED) is 0.517. The summed E-state index contributed by atoms with van der Waals surface area (Å²) in [6.45, 7) is 4.51. The normalized spacial score (nSPS) is 24.0. The van der Waals surface area contributed by atoms with Crippen LogP contribution in [0.3, 0.4) is 0 Å². The molecular formula is C23H21F2N3S. The molecule has 6 heteroatoms. The molecule has 0 radical (unpaired) electrons. The smallest absolute Gasteiger partial charge is 0.135 e. The fourth-order valence-corrected chi connectivity index (χ4v) is 5.93. The molecule has 1 fully saturated rings. The number of halogens is 2. The van der Waals surface area contributed by atoms with Gasteiger partial charge in [-0.05, 0) is 66.3 Å². The number of hydrogen-bond acceptors (Lipinski definition) is 4. The van der Waals surface area contributed by atoms with Gasteiger partial charge in [0.1, 0.15) is 11.6 Å². The highest BCUT2D eigenvalue weighted by Gasteiger charge is 2.65. The van der Waals surface area contributed by atoms with Crippen LogP contribution in [0.5, 0.6) is 0 Å². The predicted molar refractivity (Wildman–Crippen MR) is 110 cm³/mol. The van der Waals surface area contributed by atoms with Gasteiger partial charge >= 0.3 is 0 Å². The molecule has 1 unspecified atom stereocenters. The molecule has 3 aromatic rings. The Hall–Kier alpha value is -2.34. The van der Waals surface area contributed by atoms with Crippen molar-refractivity contribution in [2.75, 3.05) is 6.26 Å². The average Bonchev–Trinajstić information content (AvgIpc) is 3.09. The summed E-state index contributed by atoms with van der Waals surface area (Å²) in [4.78, 5) is 4.92. The highest BCUT2D eigenvalue weighted by molar-refractivity contribution is 7.98. The van der Waals surface area contributed by atoms with Crippen LogP contribution >= 0.6 is 11.8 Å². The van der Waals surface area contributed by atoms with Crippen molar-refractivity contribution < 1.29 is 8.78 Å². The van der Waals surface area contributed by atoms with Gasteiger partial charge < -0.3 is 0 Å². The molecule has 29 heavy (non-hydrogen) atoms. The molecule has 2 atom stereocenters. The van der Waals surface area contributed by atoms with Crippen LogP contribution in [0.25, 0.3) is 11.3 Å². The first-order chi connectivity index (χ1) is 13.9. The molecule has 148 valence electrons. The van der Waals surface area contributed by atoms with Gasteiger partial charge in [0.25, 0.3) is 0 Å². The second kappa shape index (κ2) is 6.33. The largest absolute Gasteiger partial charge is 0.246 e. The lowest BCUT2D eigenvalue weighted by atomic mass is 9.66. The van der Waals surface area contributed by atoms with Gasteiger partial charge in [-0.3, -0.25) is 0 Å². The highest BCUT2D eigenvalue weighted by atomic mass is 32.2. The van der Waals surface area contributed by atoms with Gasteiger partial charge in [0.2, 0.25) is 0 Å². The summed E-state index contributed by atoms with van der Waals surface area (Å²) in [7, 11) is 0. The summed E-state index contributed by atoms with van der Waals surface area (Å²) in [5.41, 5.74) is 2.66. The maximum absolute atomic E-state index is 14.3. The van der Waals surface area contributed by atoms with E-state index in [0.29, 0.717) is 0 Å². The molecule has 0 saturated heterocycles. The minimum absolute atomic E-state index is 0.111. The molecule has 1 saturated carbocycles. The fourth-order valence-electron chi connectivity index (χ4n) is 5.52. The Labute approximate surface area is 173 Å². The van der Waals surface area contributed by atoms with Crippen molar-refractivity contribution in [3.8, 4) is 11.3 Å². The molecular weight excluding hydrogens is 388 g/mol. The van der Waals surface area contributed by atoms with Crippen LogP contribution in [0.2, 0.25) is 0 Å². The first-order valence-electron chi connectivity index (χ1n) is 9.74. The molecule has 5 rings (SSSR count). The van der Waals surface area contributed by atoms with Crippen LogP contribution in [0.15, 0.2) is 47.5 Å². The zero-order valence-electron chi connectivity index (χ0n) is 16.5. The van der Waals surface area contributed by atoms with E-state index in [0.717, 1.165) is 34.8 Å². The third kappa shape index (κ3) is 2.38. The second-order valence-corrected chi connectivity index (χ2v) is 9.24. The molecule has 2 aliphatic rings. The minimum Gasteiger partial charge on any atom is -0.246 e. The zero-order valence-corrected chi connectivity index (χ0v) is 17.4. The number of aromatic nitrogens is 3.